The van der Waals surface area contributed by atoms with E-state index in [0.29, 0.717) is 12.1 Å². The second kappa shape index (κ2) is 7.92. The van der Waals surface area contributed by atoms with E-state index >= 15 is 0 Å². The van der Waals surface area contributed by atoms with Crippen LogP contribution in [0.1, 0.15) is 25.3 Å². The minimum atomic E-state index is 0.443. The Morgan fingerprint density at radius 3 is 2.43 bits per heavy atom. The maximum atomic E-state index is 5.59. The van der Waals surface area contributed by atoms with Crippen molar-refractivity contribution in [3.63, 3.8) is 0 Å². The van der Waals surface area contributed by atoms with Crippen molar-refractivity contribution in [3.8, 4) is 11.5 Å². The van der Waals surface area contributed by atoms with Crippen LogP contribution >= 0.6 is 11.8 Å². The summed E-state index contributed by atoms with van der Waals surface area (Å²) >= 11 is 1.73. The van der Waals surface area contributed by atoms with Gasteiger partial charge in [0.15, 0.2) is 11.5 Å². The lowest BCUT2D eigenvalue weighted by Gasteiger charge is -2.35. The summed E-state index contributed by atoms with van der Waals surface area (Å²) in [5, 5.41) is 3.60. The van der Waals surface area contributed by atoms with Gasteiger partial charge in [-0.15, -0.1) is 11.8 Å². The van der Waals surface area contributed by atoms with Gasteiger partial charge in [-0.25, -0.2) is 0 Å². The number of rotatable bonds is 8. The van der Waals surface area contributed by atoms with E-state index in [1.54, 1.807) is 26.0 Å². The molecule has 0 spiro atoms. The fourth-order valence-electron chi connectivity index (χ4n) is 2.59. The lowest BCUT2D eigenvalue weighted by atomic mass is 9.89. The molecule has 0 aliphatic heterocycles. The van der Waals surface area contributed by atoms with E-state index in [2.05, 4.69) is 24.6 Å². The van der Waals surface area contributed by atoms with E-state index < -0.39 is 0 Å². The van der Waals surface area contributed by atoms with Crippen LogP contribution < -0.4 is 14.8 Å². The number of nitrogens with one attached hydrogen (secondary N) is 1. The summed E-state index contributed by atoms with van der Waals surface area (Å²) < 4.78 is 16.3. The van der Waals surface area contributed by atoms with Crippen molar-refractivity contribution in [1.29, 1.82) is 0 Å². The van der Waals surface area contributed by atoms with Crippen LogP contribution in [0.2, 0.25) is 0 Å². The summed E-state index contributed by atoms with van der Waals surface area (Å²) in [7, 11) is 3.34. The largest absolute Gasteiger partial charge is 0.493 e. The quantitative estimate of drug-likeness (QED) is 0.747. The zero-order valence-electron chi connectivity index (χ0n) is 13.3. The average Bonchev–Trinajstić information content (AvgIpc) is 2.48. The van der Waals surface area contributed by atoms with Crippen LogP contribution in [0.25, 0.3) is 0 Å². The van der Waals surface area contributed by atoms with Crippen LogP contribution in [0.15, 0.2) is 17.0 Å². The predicted octanol–water partition coefficient (Wildman–Crippen LogP) is 3.08. The van der Waals surface area contributed by atoms with E-state index in [9.17, 15) is 0 Å². The molecule has 4 nitrogen and oxygen atoms in total. The van der Waals surface area contributed by atoms with Gasteiger partial charge in [0.2, 0.25) is 0 Å². The van der Waals surface area contributed by atoms with E-state index in [-0.39, 0.29) is 0 Å². The molecule has 5 heteroatoms. The highest BCUT2D eigenvalue weighted by atomic mass is 32.2. The van der Waals surface area contributed by atoms with Gasteiger partial charge in [-0.05, 0) is 43.7 Å². The number of hydrogen-bond donors (Lipinski definition) is 1. The molecule has 2 rings (SSSR count). The highest BCUT2D eigenvalue weighted by Gasteiger charge is 2.29. The third-order valence-corrected chi connectivity index (χ3v) is 4.68. The fourth-order valence-corrected chi connectivity index (χ4v) is 3.21. The molecule has 1 aliphatic carbocycles. The van der Waals surface area contributed by atoms with Crippen molar-refractivity contribution < 1.29 is 14.2 Å². The Hall–Kier alpha value is -0.910. The van der Waals surface area contributed by atoms with Crippen molar-refractivity contribution in [1.82, 2.24) is 5.32 Å². The number of hydrogen-bond acceptors (Lipinski definition) is 5. The molecule has 0 radical (unpaired) electrons. The second-order valence-corrected chi connectivity index (χ2v) is 5.99. The van der Waals surface area contributed by atoms with Crippen LogP contribution in [0.3, 0.4) is 0 Å². The Morgan fingerprint density at radius 1 is 1.19 bits per heavy atom. The van der Waals surface area contributed by atoms with Crippen molar-refractivity contribution in [2.24, 2.45) is 0 Å². The third-order valence-electron chi connectivity index (χ3n) is 3.86. The molecule has 1 aromatic rings. The number of benzene rings is 1. The Balaban J connectivity index is 1.96. The molecule has 0 bridgehead atoms. The second-order valence-electron chi connectivity index (χ2n) is 5.15. The first-order valence-corrected chi connectivity index (χ1v) is 8.58. The summed E-state index contributed by atoms with van der Waals surface area (Å²) in [6.45, 7) is 3.71. The molecular weight excluding hydrogens is 286 g/mol. The monoisotopic (exact) mass is 311 g/mol. The van der Waals surface area contributed by atoms with Crippen LogP contribution in [0.5, 0.6) is 11.5 Å². The van der Waals surface area contributed by atoms with Crippen LogP contribution in [0, 0.1) is 0 Å². The topological polar surface area (TPSA) is 39.7 Å². The number of thioether (sulfide) groups is 1. The smallest absolute Gasteiger partial charge is 0.161 e. The first-order valence-electron chi connectivity index (χ1n) is 7.35. The Morgan fingerprint density at radius 2 is 1.86 bits per heavy atom. The summed E-state index contributed by atoms with van der Waals surface area (Å²) in [5.74, 6) is 1.57. The Bertz CT molecular complexity index is 461. The molecule has 0 aromatic heterocycles. The lowest BCUT2D eigenvalue weighted by molar-refractivity contribution is -0.0102. The Labute approximate surface area is 131 Å². The maximum Gasteiger partial charge on any atom is 0.161 e. The zero-order valence-corrected chi connectivity index (χ0v) is 14.1. The highest BCUT2D eigenvalue weighted by Crippen LogP contribution is 2.35. The molecule has 0 unspecified atom stereocenters. The minimum Gasteiger partial charge on any atom is -0.493 e. The Kier molecular flexibility index (Phi) is 6.21. The van der Waals surface area contributed by atoms with Crippen LogP contribution in [0.4, 0.5) is 0 Å². The zero-order chi connectivity index (χ0) is 15.2. The lowest BCUT2D eigenvalue weighted by Crippen LogP contribution is -2.45. The molecule has 21 heavy (non-hydrogen) atoms. The first-order chi connectivity index (χ1) is 10.2. The molecule has 1 N–H and O–H groups in total. The molecular formula is C16H25NO3S. The minimum absolute atomic E-state index is 0.443. The van der Waals surface area contributed by atoms with Gasteiger partial charge in [-0.2, -0.15) is 0 Å². The van der Waals surface area contributed by atoms with Crippen molar-refractivity contribution in [3.05, 3.63) is 17.7 Å². The molecule has 118 valence electrons. The molecule has 1 saturated carbocycles. The van der Waals surface area contributed by atoms with Crippen LogP contribution in [-0.2, 0) is 11.3 Å². The van der Waals surface area contributed by atoms with E-state index in [4.69, 9.17) is 14.2 Å². The van der Waals surface area contributed by atoms with Crippen molar-refractivity contribution in [2.45, 2.75) is 43.4 Å². The summed E-state index contributed by atoms with van der Waals surface area (Å²) in [5.41, 5.74) is 1.25. The summed E-state index contributed by atoms with van der Waals surface area (Å²) in [4.78, 5) is 1.22. The normalized spacial score (nSPS) is 21.0. The highest BCUT2D eigenvalue weighted by molar-refractivity contribution is 7.98. The first kappa shape index (κ1) is 16.5. The van der Waals surface area contributed by atoms with Gasteiger partial charge in [0.25, 0.3) is 0 Å². The number of ether oxygens (including phenoxy) is 3. The van der Waals surface area contributed by atoms with Gasteiger partial charge in [-0.3, -0.25) is 0 Å². The molecule has 0 atom stereocenters. The third kappa shape index (κ3) is 4.05. The summed E-state index contributed by atoms with van der Waals surface area (Å²) in [6.07, 6.45) is 4.74. The average molecular weight is 311 g/mol. The summed E-state index contributed by atoms with van der Waals surface area (Å²) in [6, 6.07) is 4.67. The molecule has 1 aromatic carbocycles. The molecule has 1 aliphatic rings. The standard InChI is InChI=1S/C16H25NO3S/c1-5-20-13-7-12(8-13)17-10-11-6-14(18-2)15(19-3)9-16(11)21-4/h6,9,12-13,17H,5,7-8,10H2,1-4H3. The fraction of sp³-hybridized carbons (Fsp3) is 0.625. The van der Waals surface area contributed by atoms with E-state index in [0.717, 1.165) is 37.5 Å². The number of methoxy groups -OCH3 is 2. The van der Waals surface area contributed by atoms with E-state index in [1.807, 2.05) is 6.07 Å². The molecule has 1 fully saturated rings. The van der Waals surface area contributed by atoms with Crippen molar-refractivity contribution in [2.75, 3.05) is 27.1 Å². The van der Waals surface area contributed by atoms with Crippen molar-refractivity contribution >= 4 is 11.8 Å². The predicted molar refractivity (Wildman–Crippen MR) is 86.6 cm³/mol. The van der Waals surface area contributed by atoms with Gasteiger partial charge in [0, 0.05) is 24.1 Å². The molecule has 0 amide bonds. The van der Waals surface area contributed by atoms with Gasteiger partial charge in [0.05, 0.1) is 20.3 Å². The van der Waals surface area contributed by atoms with Gasteiger partial charge in [-0.1, -0.05) is 0 Å². The van der Waals surface area contributed by atoms with Crippen LogP contribution in [-0.4, -0.2) is 39.2 Å². The molecule has 0 heterocycles. The van der Waals surface area contributed by atoms with Gasteiger partial charge >= 0.3 is 0 Å². The molecule has 0 saturated heterocycles. The maximum absolute atomic E-state index is 5.59. The van der Waals surface area contributed by atoms with Gasteiger partial charge in [0.1, 0.15) is 0 Å². The SMILES string of the molecule is CCOC1CC(NCc2cc(OC)c(OC)cc2SC)C1. The van der Waals surface area contributed by atoms with E-state index in [1.165, 1.54) is 10.5 Å². The van der Waals surface area contributed by atoms with Gasteiger partial charge < -0.3 is 19.5 Å².